The fourth-order valence-corrected chi connectivity index (χ4v) is 4.90. The van der Waals surface area contributed by atoms with Crippen molar-refractivity contribution in [1.29, 1.82) is 5.26 Å². The van der Waals surface area contributed by atoms with Crippen molar-refractivity contribution in [3.05, 3.63) is 55.1 Å². The Hall–Kier alpha value is -3.57. The molecule has 1 amide bonds. The van der Waals surface area contributed by atoms with Gasteiger partial charge in [-0.15, -0.1) is 0 Å². The number of nitrogens with one attached hydrogen (secondary N) is 2. The van der Waals surface area contributed by atoms with Crippen molar-refractivity contribution >= 4 is 34.4 Å². The van der Waals surface area contributed by atoms with Gasteiger partial charge in [0.2, 0.25) is 0 Å². The van der Waals surface area contributed by atoms with Gasteiger partial charge < -0.3 is 20.1 Å². The normalized spacial score (nSPS) is 15.1. The fraction of sp³-hybridized carbons (Fsp3) is 0.464. The minimum atomic E-state index is -0.465. The fourth-order valence-electron chi connectivity index (χ4n) is 3.91. The van der Waals surface area contributed by atoms with Crippen LogP contribution in [0.15, 0.2) is 34.8 Å². The maximum Gasteiger partial charge on any atom is 0.277 e. The van der Waals surface area contributed by atoms with Crippen molar-refractivity contribution in [2.75, 3.05) is 51.3 Å². The van der Waals surface area contributed by atoms with Gasteiger partial charge in [0, 0.05) is 50.7 Å². The number of thiazole rings is 1. The highest BCUT2D eigenvalue weighted by atomic mass is 32.1. The first-order valence-corrected chi connectivity index (χ1v) is 13.7. The van der Waals surface area contributed by atoms with Crippen molar-refractivity contribution in [3.63, 3.8) is 0 Å². The first kappa shape index (κ1) is 27.5. The average Bonchev–Trinajstić information content (AvgIpc) is 3.71. The van der Waals surface area contributed by atoms with Crippen LogP contribution in [0, 0.1) is 24.2 Å². The van der Waals surface area contributed by atoms with Crippen LogP contribution in [0.2, 0.25) is 0 Å². The maximum absolute atomic E-state index is 12.9. The van der Waals surface area contributed by atoms with Crippen LogP contribution in [0.1, 0.15) is 25.3 Å². The van der Waals surface area contributed by atoms with E-state index < -0.39 is 5.91 Å². The summed E-state index contributed by atoms with van der Waals surface area (Å²) in [6.07, 6.45) is 3.78. The molecule has 0 bridgehead atoms. The first-order valence-electron chi connectivity index (χ1n) is 12.9. The molecule has 1 saturated carbocycles. The molecule has 0 radical (unpaired) electrons. The molecule has 38 heavy (non-hydrogen) atoms. The second-order valence-electron chi connectivity index (χ2n) is 9.27. The highest BCUT2D eigenvalue weighted by molar-refractivity contribution is 7.07. The third kappa shape index (κ3) is 7.48. The Bertz CT molecular complexity index is 1450. The molecular formula is C28H33N5O4S. The molecule has 1 aliphatic carbocycles. The zero-order valence-corrected chi connectivity index (χ0v) is 22.7. The van der Waals surface area contributed by atoms with Crippen LogP contribution in [-0.4, -0.2) is 61.4 Å². The van der Waals surface area contributed by atoms with Crippen LogP contribution >= 0.6 is 11.3 Å². The summed E-state index contributed by atoms with van der Waals surface area (Å²) in [6, 6.07) is 7.74. The average molecular weight is 536 g/mol. The molecule has 9 nitrogen and oxygen atoms in total. The van der Waals surface area contributed by atoms with E-state index in [1.165, 1.54) is 4.57 Å². The van der Waals surface area contributed by atoms with Gasteiger partial charge in [0.25, 0.3) is 11.5 Å². The standard InChI is InChI=1S/C28H33N5O4S/c1-3-33-26(16-22(18-29)27(34)31-19-21-5-6-21)38-25(28(33)35)8-9-30-23-7-4-20(2)24(17-23)37-15-12-32-10-13-36-14-11-32/h4,7,9,17,21,30H,3,5-6,10-15,19H2,1-2H3,(H,31,34). The molecule has 2 aliphatic rings. The summed E-state index contributed by atoms with van der Waals surface area (Å²) in [6.45, 7) is 9.59. The zero-order valence-electron chi connectivity index (χ0n) is 21.8. The molecule has 4 rings (SSSR count). The molecule has 0 spiro atoms. The third-order valence-corrected chi connectivity index (χ3v) is 7.43. The van der Waals surface area contributed by atoms with E-state index in [-0.39, 0.29) is 11.1 Å². The van der Waals surface area contributed by atoms with Crippen molar-refractivity contribution < 1.29 is 14.3 Å². The molecule has 1 aromatic carbocycles. The summed E-state index contributed by atoms with van der Waals surface area (Å²) in [5.74, 6) is 0.833. The van der Waals surface area contributed by atoms with Gasteiger partial charge in [-0.05, 0) is 44.2 Å². The van der Waals surface area contributed by atoms with Crippen molar-refractivity contribution in [1.82, 2.24) is 14.8 Å². The number of hydrogen-bond donors (Lipinski definition) is 2. The molecule has 200 valence electrons. The van der Waals surface area contributed by atoms with Gasteiger partial charge in [-0.3, -0.25) is 19.1 Å². The Kier molecular flexibility index (Phi) is 9.61. The van der Waals surface area contributed by atoms with Crippen LogP contribution in [0.5, 0.6) is 5.75 Å². The number of benzene rings is 1. The van der Waals surface area contributed by atoms with E-state index in [1.807, 2.05) is 38.1 Å². The van der Waals surface area contributed by atoms with E-state index in [2.05, 4.69) is 27.0 Å². The molecule has 2 fully saturated rings. The SMILES string of the molecule is CCn1c(=C=C(C#N)C(=O)NCC2CC2)sc(=C=CNc2ccc(C)c(OCCN3CCOCC3)c2)c1=O. The smallest absolute Gasteiger partial charge is 0.277 e. The predicted molar refractivity (Wildman–Crippen MR) is 147 cm³/mol. The number of aryl methyl sites for hydroxylation is 1. The van der Waals surface area contributed by atoms with Crippen molar-refractivity contribution in [3.8, 4) is 11.8 Å². The minimum Gasteiger partial charge on any atom is -0.492 e. The number of ether oxygens (including phenoxy) is 2. The number of aromatic nitrogens is 1. The second kappa shape index (κ2) is 13.3. The molecule has 1 aromatic heterocycles. The van der Waals surface area contributed by atoms with Crippen LogP contribution in [0.4, 0.5) is 5.69 Å². The summed E-state index contributed by atoms with van der Waals surface area (Å²) in [4.78, 5) is 27.6. The largest absolute Gasteiger partial charge is 0.492 e. The number of nitrogens with zero attached hydrogens (tertiary/aromatic N) is 3. The number of morpholine rings is 1. The summed E-state index contributed by atoms with van der Waals surface area (Å²) < 4.78 is 13.7. The van der Waals surface area contributed by atoms with E-state index >= 15 is 0 Å². The van der Waals surface area contributed by atoms with E-state index in [1.54, 1.807) is 6.20 Å². The van der Waals surface area contributed by atoms with Gasteiger partial charge in [-0.25, -0.2) is 0 Å². The lowest BCUT2D eigenvalue weighted by atomic mass is 10.2. The van der Waals surface area contributed by atoms with E-state index in [9.17, 15) is 14.9 Å². The van der Waals surface area contributed by atoms with Gasteiger partial charge in [0.15, 0.2) is 5.57 Å². The van der Waals surface area contributed by atoms with Gasteiger partial charge in [-0.1, -0.05) is 28.9 Å². The Balaban J connectivity index is 1.50. The van der Waals surface area contributed by atoms with Crippen molar-refractivity contribution in [2.24, 2.45) is 5.92 Å². The predicted octanol–water partition coefficient (Wildman–Crippen LogP) is 1.31. The first-order chi connectivity index (χ1) is 18.5. The highest BCUT2D eigenvalue weighted by Crippen LogP contribution is 2.27. The Morgan fingerprint density at radius 2 is 2.11 bits per heavy atom. The van der Waals surface area contributed by atoms with Crippen LogP contribution < -0.4 is 30.1 Å². The molecule has 0 atom stereocenters. The number of rotatable bonds is 10. The molecule has 2 heterocycles. The summed E-state index contributed by atoms with van der Waals surface area (Å²) in [5, 5.41) is 15.4. The Morgan fingerprint density at radius 3 is 2.82 bits per heavy atom. The Labute approximate surface area is 226 Å². The molecule has 1 saturated heterocycles. The van der Waals surface area contributed by atoms with Gasteiger partial charge in [0.05, 0.1) is 13.2 Å². The molecule has 0 unspecified atom stereocenters. The number of hydrogen-bond acceptors (Lipinski definition) is 8. The van der Waals surface area contributed by atoms with Crippen molar-refractivity contribution in [2.45, 2.75) is 33.2 Å². The minimum absolute atomic E-state index is 0.136. The maximum atomic E-state index is 12.9. The van der Waals surface area contributed by atoms with Crippen LogP contribution in [0.3, 0.4) is 0 Å². The topological polar surface area (TPSA) is 109 Å². The molecule has 2 aromatic rings. The van der Waals surface area contributed by atoms with E-state index in [0.29, 0.717) is 34.8 Å². The number of amides is 1. The van der Waals surface area contributed by atoms with E-state index in [4.69, 9.17) is 9.47 Å². The summed E-state index contributed by atoms with van der Waals surface area (Å²) >= 11 is 1.14. The Morgan fingerprint density at radius 1 is 1.32 bits per heavy atom. The second-order valence-corrected chi connectivity index (χ2v) is 10.3. The lowest BCUT2D eigenvalue weighted by Gasteiger charge is -2.26. The molecular weight excluding hydrogens is 502 g/mol. The van der Waals surface area contributed by atoms with Crippen LogP contribution in [0.25, 0.3) is 11.5 Å². The quantitative estimate of drug-likeness (QED) is 0.349. The number of anilines is 1. The molecule has 2 N–H and O–H groups in total. The summed E-state index contributed by atoms with van der Waals surface area (Å²) in [7, 11) is 0. The number of carbonyl (C=O) groups is 1. The van der Waals surface area contributed by atoms with Crippen LogP contribution in [-0.2, 0) is 16.1 Å². The molecule has 10 heteroatoms. The lowest BCUT2D eigenvalue weighted by Crippen LogP contribution is -2.38. The molecule has 1 aliphatic heterocycles. The monoisotopic (exact) mass is 535 g/mol. The number of nitriles is 1. The highest BCUT2D eigenvalue weighted by Gasteiger charge is 2.22. The van der Waals surface area contributed by atoms with Gasteiger partial charge in [0.1, 0.15) is 27.6 Å². The zero-order chi connectivity index (χ0) is 26.9. The lowest BCUT2D eigenvalue weighted by molar-refractivity contribution is -0.117. The van der Waals surface area contributed by atoms with Gasteiger partial charge >= 0.3 is 0 Å². The van der Waals surface area contributed by atoms with Gasteiger partial charge in [-0.2, -0.15) is 5.26 Å². The third-order valence-electron chi connectivity index (χ3n) is 6.42. The number of carbonyl (C=O) groups excluding carboxylic acids is 1. The van der Waals surface area contributed by atoms with E-state index in [0.717, 1.165) is 74.0 Å². The summed E-state index contributed by atoms with van der Waals surface area (Å²) in [5.41, 5.74) is 7.31.